The number of aliphatic hydroxyl groups excluding tert-OH is 1. The average Bonchev–Trinajstić information content (AvgIpc) is 2.67. The van der Waals surface area contributed by atoms with E-state index in [2.05, 4.69) is 10.3 Å². The van der Waals surface area contributed by atoms with Crippen LogP contribution in [0.25, 0.3) is 11.1 Å². The molecule has 0 amide bonds. The summed E-state index contributed by atoms with van der Waals surface area (Å²) in [4.78, 5) is 14.7. The summed E-state index contributed by atoms with van der Waals surface area (Å²) in [6.07, 6.45) is 0. The lowest BCUT2D eigenvalue weighted by Crippen LogP contribution is -2.32. The number of hydrogen-bond acceptors (Lipinski definition) is 5. The summed E-state index contributed by atoms with van der Waals surface area (Å²) in [5.74, 6) is -1.16. The fraction of sp³-hybridized carbons (Fsp3) is 0.200. The Kier molecular flexibility index (Phi) is 2.74. The number of aliphatic carboxylic acids is 1. The van der Waals surface area contributed by atoms with E-state index in [1.165, 1.54) is 0 Å². The van der Waals surface area contributed by atoms with Gasteiger partial charge in [0, 0.05) is 0 Å². The Hall–Kier alpha value is -2.08. The summed E-state index contributed by atoms with van der Waals surface area (Å²) in [6, 6.07) is 6.03. The van der Waals surface area contributed by atoms with Crippen molar-refractivity contribution >= 4 is 23.1 Å². The van der Waals surface area contributed by atoms with Crippen molar-refractivity contribution < 1.29 is 19.4 Å². The minimum Gasteiger partial charge on any atom is -0.480 e. The molecule has 1 aromatic carbocycles. The number of carboxylic acid groups (broad SMARTS) is 1. The summed E-state index contributed by atoms with van der Waals surface area (Å²) < 4.78 is 5.25. The zero-order valence-corrected chi connectivity index (χ0v) is 8.25. The van der Waals surface area contributed by atoms with Gasteiger partial charge in [0.2, 0.25) is 0 Å². The third-order valence-corrected chi connectivity index (χ3v) is 2.07. The zero-order valence-electron chi connectivity index (χ0n) is 8.25. The smallest absolute Gasteiger partial charge is 0.328 e. The van der Waals surface area contributed by atoms with E-state index >= 15 is 0 Å². The van der Waals surface area contributed by atoms with Gasteiger partial charge in [0.15, 0.2) is 11.6 Å². The number of nitrogens with one attached hydrogen (secondary N) is 1. The Bertz CT molecular complexity index is 475. The van der Waals surface area contributed by atoms with Crippen LogP contribution < -0.4 is 5.32 Å². The zero-order chi connectivity index (χ0) is 11.5. The fourth-order valence-corrected chi connectivity index (χ4v) is 1.27. The number of para-hydroxylation sites is 2. The number of carbonyl (C=O) groups is 1. The summed E-state index contributed by atoms with van der Waals surface area (Å²) >= 11 is 0. The Balaban J connectivity index is 2.24. The normalized spacial score (nSPS) is 12.6. The second-order valence-corrected chi connectivity index (χ2v) is 3.20. The van der Waals surface area contributed by atoms with Crippen LogP contribution >= 0.6 is 0 Å². The number of hydrogen-bond donors (Lipinski definition) is 3. The number of oxazole rings is 1. The summed E-state index contributed by atoms with van der Waals surface area (Å²) in [5.41, 5.74) is 1.19. The molecule has 6 heteroatoms. The van der Waals surface area contributed by atoms with E-state index in [9.17, 15) is 4.79 Å². The first kappa shape index (κ1) is 10.4. The highest BCUT2D eigenvalue weighted by molar-refractivity contribution is 5.78. The highest BCUT2D eigenvalue weighted by atomic mass is 16.4. The van der Waals surface area contributed by atoms with Gasteiger partial charge in [-0.2, -0.15) is 4.98 Å². The maximum atomic E-state index is 10.7. The molecule has 1 atom stereocenters. The minimum absolute atomic E-state index is 0.0858. The van der Waals surface area contributed by atoms with Crippen molar-refractivity contribution in [2.75, 3.05) is 11.9 Å². The van der Waals surface area contributed by atoms with Crippen LogP contribution in [0.5, 0.6) is 0 Å². The van der Waals surface area contributed by atoms with Crippen LogP contribution in [0, 0.1) is 0 Å². The lowest BCUT2D eigenvalue weighted by molar-refractivity contribution is -0.138. The van der Waals surface area contributed by atoms with Crippen LogP contribution in [0.1, 0.15) is 0 Å². The summed E-state index contributed by atoms with van der Waals surface area (Å²) in [6.45, 7) is -0.534. The highest BCUT2D eigenvalue weighted by Crippen LogP contribution is 2.18. The first-order valence-corrected chi connectivity index (χ1v) is 4.66. The lowest BCUT2D eigenvalue weighted by atomic mass is 10.3. The Morgan fingerprint density at radius 1 is 1.50 bits per heavy atom. The highest BCUT2D eigenvalue weighted by Gasteiger charge is 2.18. The van der Waals surface area contributed by atoms with Gasteiger partial charge >= 0.3 is 5.97 Å². The molecule has 16 heavy (non-hydrogen) atoms. The predicted octanol–water partition coefficient (Wildman–Crippen LogP) is 0.685. The number of nitrogens with zero attached hydrogens (tertiary/aromatic N) is 1. The molecule has 2 aromatic rings. The molecule has 3 N–H and O–H groups in total. The van der Waals surface area contributed by atoms with Crippen LogP contribution in [0.15, 0.2) is 28.7 Å². The van der Waals surface area contributed by atoms with E-state index in [1.54, 1.807) is 24.3 Å². The number of aromatic nitrogens is 1. The second-order valence-electron chi connectivity index (χ2n) is 3.20. The maximum absolute atomic E-state index is 10.7. The van der Waals surface area contributed by atoms with Crippen LogP contribution in [0.2, 0.25) is 0 Å². The summed E-state index contributed by atoms with van der Waals surface area (Å²) in [7, 11) is 0. The third kappa shape index (κ3) is 1.96. The molecule has 0 fully saturated rings. The molecule has 0 aliphatic carbocycles. The van der Waals surface area contributed by atoms with Gasteiger partial charge in [0.25, 0.3) is 6.01 Å². The van der Waals surface area contributed by atoms with Crippen molar-refractivity contribution in [2.45, 2.75) is 6.04 Å². The lowest BCUT2D eigenvalue weighted by Gasteiger charge is -2.08. The average molecular weight is 222 g/mol. The SMILES string of the molecule is O=C(O)C(CO)Nc1nc2ccccc2o1. The Morgan fingerprint density at radius 2 is 2.25 bits per heavy atom. The van der Waals surface area contributed by atoms with Crippen LogP contribution in [-0.4, -0.2) is 33.8 Å². The molecule has 1 aromatic heterocycles. The first-order chi connectivity index (χ1) is 7.70. The Morgan fingerprint density at radius 3 is 2.88 bits per heavy atom. The van der Waals surface area contributed by atoms with Crippen molar-refractivity contribution in [1.29, 1.82) is 0 Å². The molecule has 84 valence electrons. The predicted molar refractivity (Wildman–Crippen MR) is 56.1 cm³/mol. The molecule has 0 radical (unpaired) electrons. The number of fused-ring (bicyclic) bond motifs is 1. The van der Waals surface area contributed by atoms with Crippen LogP contribution in [0.4, 0.5) is 6.01 Å². The molecule has 0 saturated carbocycles. The monoisotopic (exact) mass is 222 g/mol. The molecule has 1 heterocycles. The quantitative estimate of drug-likeness (QED) is 0.704. The summed E-state index contributed by atoms with van der Waals surface area (Å²) in [5, 5.41) is 20.0. The molecule has 0 saturated heterocycles. The van der Waals surface area contributed by atoms with Gasteiger partial charge in [-0.3, -0.25) is 0 Å². The van der Waals surface area contributed by atoms with Gasteiger partial charge in [-0.05, 0) is 12.1 Å². The Labute approximate surface area is 90.5 Å². The van der Waals surface area contributed by atoms with Gasteiger partial charge in [-0.25, -0.2) is 4.79 Å². The molecule has 0 aliphatic rings. The standard InChI is InChI=1S/C10H10N2O4/c13-5-7(9(14)15)12-10-11-6-3-1-2-4-8(6)16-10/h1-4,7,13H,5H2,(H,11,12)(H,14,15). The topological polar surface area (TPSA) is 95.6 Å². The fourth-order valence-electron chi connectivity index (χ4n) is 1.27. The van der Waals surface area contributed by atoms with E-state index < -0.39 is 18.6 Å². The van der Waals surface area contributed by atoms with Gasteiger partial charge < -0.3 is 19.9 Å². The molecule has 6 nitrogen and oxygen atoms in total. The van der Waals surface area contributed by atoms with Crippen molar-refractivity contribution in [3.63, 3.8) is 0 Å². The van der Waals surface area contributed by atoms with E-state index in [1.807, 2.05) is 0 Å². The first-order valence-electron chi connectivity index (χ1n) is 4.66. The van der Waals surface area contributed by atoms with Crippen LogP contribution in [0.3, 0.4) is 0 Å². The van der Waals surface area contributed by atoms with Crippen molar-refractivity contribution in [3.05, 3.63) is 24.3 Å². The van der Waals surface area contributed by atoms with Crippen LogP contribution in [-0.2, 0) is 4.79 Å². The molecule has 2 rings (SSSR count). The van der Waals surface area contributed by atoms with E-state index in [0.717, 1.165) is 0 Å². The largest absolute Gasteiger partial charge is 0.480 e. The number of aliphatic hydroxyl groups is 1. The number of anilines is 1. The van der Waals surface area contributed by atoms with Gasteiger partial charge in [-0.1, -0.05) is 12.1 Å². The molecular weight excluding hydrogens is 212 g/mol. The van der Waals surface area contributed by atoms with Crippen molar-refractivity contribution in [2.24, 2.45) is 0 Å². The van der Waals surface area contributed by atoms with Gasteiger partial charge in [-0.15, -0.1) is 0 Å². The molecule has 1 unspecified atom stereocenters. The van der Waals surface area contributed by atoms with E-state index in [0.29, 0.717) is 11.1 Å². The molecule has 0 bridgehead atoms. The minimum atomic E-state index is -1.16. The van der Waals surface area contributed by atoms with Gasteiger partial charge in [0.05, 0.1) is 6.61 Å². The number of rotatable bonds is 4. The van der Waals surface area contributed by atoms with Crippen molar-refractivity contribution in [1.82, 2.24) is 4.98 Å². The molecule has 0 aliphatic heterocycles. The third-order valence-electron chi connectivity index (χ3n) is 2.07. The maximum Gasteiger partial charge on any atom is 0.328 e. The van der Waals surface area contributed by atoms with E-state index in [-0.39, 0.29) is 6.01 Å². The molecular formula is C10H10N2O4. The number of carboxylic acids is 1. The second kappa shape index (κ2) is 4.19. The number of benzene rings is 1. The van der Waals surface area contributed by atoms with Gasteiger partial charge in [0.1, 0.15) is 5.52 Å². The van der Waals surface area contributed by atoms with E-state index in [4.69, 9.17) is 14.6 Å². The molecule has 0 spiro atoms. The van der Waals surface area contributed by atoms with Crippen molar-refractivity contribution in [3.8, 4) is 0 Å².